The van der Waals surface area contributed by atoms with Gasteiger partial charge in [-0.2, -0.15) is 0 Å². The number of benzene rings is 1. The highest BCUT2D eigenvalue weighted by atomic mass is 32.2. The van der Waals surface area contributed by atoms with Crippen LogP contribution in [0.2, 0.25) is 0 Å². The van der Waals surface area contributed by atoms with Gasteiger partial charge in [-0.25, -0.2) is 12.7 Å². The summed E-state index contributed by atoms with van der Waals surface area (Å²) in [6, 6.07) is 5.89. The monoisotopic (exact) mass is 297 g/mol. The van der Waals surface area contributed by atoms with E-state index in [1.807, 2.05) is 6.92 Å². The first-order valence-corrected chi connectivity index (χ1v) is 7.74. The smallest absolute Gasteiger partial charge is 0.326 e. The minimum absolute atomic E-state index is 0.0636. The number of carbonyl (C=O) groups is 2. The Labute approximate surface area is 117 Å². The van der Waals surface area contributed by atoms with Crippen LogP contribution in [-0.4, -0.2) is 37.8 Å². The molecule has 0 unspecified atom stereocenters. The number of esters is 1. The minimum Gasteiger partial charge on any atom is -0.464 e. The van der Waals surface area contributed by atoms with Crippen LogP contribution in [-0.2, 0) is 19.6 Å². The molecule has 7 heteroatoms. The van der Waals surface area contributed by atoms with E-state index in [1.165, 1.54) is 18.2 Å². The van der Waals surface area contributed by atoms with Gasteiger partial charge in [0.15, 0.2) is 0 Å². The Morgan fingerprint density at radius 3 is 2.65 bits per heavy atom. The molecule has 0 aliphatic carbocycles. The highest BCUT2D eigenvalue weighted by molar-refractivity contribution is 7.90. The maximum absolute atomic E-state index is 12.2. The highest BCUT2D eigenvalue weighted by Gasteiger charge is 2.42. The van der Waals surface area contributed by atoms with Crippen molar-refractivity contribution in [3.8, 4) is 0 Å². The van der Waals surface area contributed by atoms with Gasteiger partial charge in [0.05, 0.1) is 12.2 Å². The standard InChI is InChI=1S/C13H15NO5S/c1-2-3-8-19-12(15)9-14-13(16)10-6-4-5-7-11(10)20(14,17)18/h4-7H,2-3,8-9H2,1H3. The summed E-state index contributed by atoms with van der Waals surface area (Å²) in [5.74, 6) is -1.41. The molecule has 1 aromatic carbocycles. The van der Waals surface area contributed by atoms with Crippen molar-refractivity contribution < 1.29 is 22.7 Å². The second-order valence-electron chi connectivity index (χ2n) is 4.39. The first-order chi connectivity index (χ1) is 9.48. The highest BCUT2D eigenvalue weighted by Crippen LogP contribution is 2.29. The van der Waals surface area contributed by atoms with E-state index in [1.54, 1.807) is 6.07 Å². The van der Waals surface area contributed by atoms with E-state index in [9.17, 15) is 18.0 Å². The number of hydrogen-bond donors (Lipinski definition) is 0. The molecule has 108 valence electrons. The number of sulfonamides is 1. The largest absolute Gasteiger partial charge is 0.464 e. The number of hydrogen-bond acceptors (Lipinski definition) is 5. The van der Waals surface area contributed by atoms with E-state index in [4.69, 9.17) is 4.74 Å². The molecular formula is C13H15NO5S. The van der Waals surface area contributed by atoms with Gasteiger partial charge in [0, 0.05) is 0 Å². The average Bonchev–Trinajstić information content (AvgIpc) is 2.61. The zero-order valence-electron chi connectivity index (χ0n) is 11.0. The number of nitrogens with zero attached hydrogens (tertiary/aromatic N) is 1. The van der Waals surface area contributed by atoms with E-state index >= 15 is 0 Å². The fourth-order valence-corrected chi connectivity index (χ4v) is 3.39. The summed E-state index contributed by atoms with van der Waals surface area (Å²) >= 11 is 0. The third-order valence-electron chi connectivity index (χ3n) is 2.95. The Bertz CT molecular complexity index is 638. The molecule has 6 nitrogen and oxygen atoms in total. The molecule has 0 radical (unpaired) electrons. The van der Waals surface area contributed by atoms with Crippen molar-refractivity contribution >= 4 is 21.9 Å². The Balaban J connectivity index is 2.15. The van der Waals surface area contributed by atoms with Gasteiger partial charge in [-0.3, -0.25) is 9.59 Å². The Kier molecular flexibility index (Phi) is 4.08. The summed E-state index contributed by atoms with van der Waals surface area (Å²) in [4.78, 5) is 23.5. The molecule has 0 fully saturated rings. The molecule has 0 bridgehead atoms. The van der Waals surface area contributed by atoms with Crippen LogP contribution in [0, 0.1) is 0 Å². The molecule has 1 aliphatic rings. The normalized spacial score (nSPS) is 16.1. The summed E-state index contributed by atoms with van der Waals surface area (Å²) in [7, 11) is -3.94. The van der Waals surface area contributed by atoms with Crippen molar-refractivity contribution in [2.45, 2.75) is 24.7 Å². The van der Waals surface area contributed by atoms with E-state index in [0.717, 1.165) is 6.42 Å². The fraction of sp³-hybridized carbons (Fsp3) is 0.385. The Morgan fingerprint density at radius 2 is 2.00 bits per heavy atom. The molecule has 1 aromatic rings. The fourth-order valence-electron chi connectivity index (χ4n) is 1.88. The van der Waals surface area contributed by atoms with Crippen molar-refractivity contribution in [1.82, 2.24) is 4.31 Å². The van der Waals surface area contributed by atoms with Gasteiger partial charge in [-0.05, 0) is 18.6 Å². The van der Waals surface area contributed by atoms with Crippen LogP contribution >= 0.6 is 0 Å². The van der Waals surface area contributed by atoms with E-state index in [0.29, 0.717) is 10.7 Å². The van der Waals surface area contributed by atoms with E-state index in [-0.39, 0.29) is 17.1 Å². The van der Waals surface area contributed by atoms with Crippen molar-refractivity contribution in [2.24, 2.45) is 0 Å². The summed E-state index contributed by atoms with van der Waals surface area (Å²) in [6.45, 7) is 1.59. The van der Waals surface area contributed by atoms with Crippen molar-refractivity contribution in [2.75, 3.05) is 13.2 Å². The lowest BCUT2D eigenvalue weighted by Gasteiger charge is -2.14. The molecule has 0 aromatic heterocycles. The lowest BCUT2D eigenvalue weighted by Crippen LogP contribution is -2.35. The maximum Gasteiger partial charge on any atom is 0.326 e. The van der Waals surface area contributed by atoms with Crippen LogP contribution in [0.1, 0.15) is 30.1 Å². The molecule has 1 aliphatic heterocycles. The van der Waals surface area contributed by atoms with Crippen LogP contribution in [0.3, 0.4) is 0 Å². The molecule has 1 amide bonds. The second kappa shape index (κ2) is 5.62. The third-order valence-corrected chi connectivity index (χ3v) is 4.73. The van der Waals surface area contributed by atoms with Crippen LogP contribution in [0.25, 0.3) is 0 Å². The van der Waals surface area contributed by atoms with Gasteiger partial charge in [0.25, 0.3) is 15.9 Å². The zero-order chi connectivity index (χ0) is 14.8. The number of ether oxygens (including phenoxy) is 1. The molecule has 0 atom stereocenters. The van der Waals surface area contributed by atoms with Crippen LogP contribution in [0.5, 0.6) is 0 Å². The number of unbranched alkanes of at least 4 members (excludes halogenated alkanes) is 1. The van der Waals surface area contributed by atoms with E-state index < -0.39 is 28.4 Å². The third kappa shape index (κ3) is 2.53. The molecule has 0 saturated heterocycles. The van der Waals surface area contributed by atoms with Gasteiger partial charge in [0.2, 0.25) is 0 Å². The topological polar surface area (TPSA) is 80.8 Å². The van der Waals surface area contributed by atoms with Crippen molar-refractivity contribution in [1.29, 1.82) is 0 Å². The molecule has 1 heterocycles. The average molecular weight is 297 g/mol. The van der Waals surface area contributed by atoms with Crippen molar-refractivity contribution in [3.05, 3.63) is 29.8 Å². The molecular weight excluding hydrogens is 282 g/mol. The quantitative estimate of drug-likeness (QED) is 0.602. The van der Waals surface area contributed by atoms with Gasteiger partial charge in [-0.1, -0.05) is 25.5 Å². The minimum atomic E-state index is -3.94. The van der Waals surface area contributed by atoms with Crippen LogP contribution < -0.4 is 0 Å². The van der Waals surface area contributed by atoms with Crippen molar-refractivity contribution in [3.63, 3.8) is 0 Å². The second-order valence-corrected chi connectivity index (χ2v) is 6.22. The molecule has 20 heavy (non-hydrogen) atoms. The molecule has 2 rings (SSSR count). The first kappa shape index (κ1) is 14.5. The molecule has 0 N–H and O–H groups in total. The Hall–Kier alpha value is -1.89. The first-order valence-electron chi connectivity index (χ1n) is 6.30. The number of amides is 1. The summed E-state index contributed by atoms with van der Waals surface area (Å²) in [5.41, 5.74) is 0.0915. The maximum atomic E-state index is 12.2. The van der Waals surface area contributed by atoms with Crippen LogP contribution in [0.15, 0.2) is 29.2 Å². The molecule has 0 spiro atoms. The predicted octanol–water partition coefficient (Wildman–Crippen LogP) is 1.17. The molecule has 0 saturated carbocycles. The summed E-state index contributed by atoms with van der Waals surface area (Å²) in [6.07, 6.45) is 1.56. The number of fused-ring (bicyclic) bond motifs is 1. The van der Waals surface area contributed by atoms with Gasteiger partial charge in [0.1, 0.15) is 11.4 Å². The Morgan fingerprint density at radius 1 is 1.30 bits per heavy atom. The SMILES string of the molecule is CCCCOC(=O)CN1C(=O)c2ccccc2S1(=O)=O. The predicted molar refractivity (Wildman–Crippen MR) is 70.5 cm³/mol. The zero-order valence-corrected chi connectivity index (χ0v) is 11.9. The van der Waals surface area contributed by atoms with Gasteiger partial charge >= 0.3 is 5.97 Å². The lowest BCUT2D eigenvalue weighted by molar-refractivity contribution is -0.143. The van der Waals surface area contributed by atoms with Gasteiger partial charge < -0.3 is 4.74 Å². The number of rotatable bonds is 5. The van der Waals surface area contributed by atoms with Gasteiger partial charge in [-0.15, -0.1) is 0 Å². The summed E-state index contributed by atoms with van der Waals surface area (Å²) in [5, 5.41) is 0. The number of carbonyl (C=O) groups excluding carboxylic acids is 2. The van der Waals surface area contributed by atoms with E-state index in [2.05, 4.69) is 0 Å². The lowest BCUT2D eigenvalue weighted by atomic mass is 10.2. The van der Waals surface area contributed by atoms with Crippen LogP contribution in [0.4, 0.5) is 0 Å². The summed E-state index contributed by atoms with van der Waals surface area (Å²) < 4.78 is 29.8.